The number of hydrogen-bond acceptors (Lipinski definition) is 4. The van der Waals surface area contributed by atoms with Crippen LogP contribution in [0.4, 0.5) is 5.69 Å². The fourth-order valence-electron chi connectivity index (χ4n) is 2.20. The van der Waals surface area contributed by atoms with Gasteiger partial charge in [0.05, 0.1) is 17.2 Å². The first-order valence-corrected chi connectivity index (χ1v) is 6.88. The zero-order valence-corrected chi connectivity index (χ0v) is 11.9. The van der Waals surface area contributed by atoms with Gasteiger partial charge in [0.15, 0.2) is 0 Å². The molecule has 5 heteroatoms. The van der Waals surface area contributed by atoms with Crippen LogP contribution in [-0.2, 0) is 4.74 Å². The summed E-state index contributed by atoms with van der Waals surface area (Å²) in [5, 5.41) is 0. The number of rotatable bonds is 6. The molecule has 0 saturated heterocycles. The van der Waals surface area contributed by atoms with Crippen molar-refractivity contribution < 1.29 is 14.3 Å². The zero-order chi connectivity index (χ0) is 14.7. The molecule has 2 amide bonds. The van der Waals surface area contributed by atoms with Gasteiger partial charge in [-0.25, -0.2) is 0 Å². The summed E-state index contributed by atoms with van der Waals surface area (Å²) in [6.07, 6.45) is 1.78. The molecule has 108 valence electrons. The van der Waals surface area contributed by atoms with Crippen LogP contribution in [0, 0.1) is 0 Å². The lowest BCUT2D eigenvalue weighted by Crippen LogP contribution is -2.30. The van der Waals surface area contributed by atoms with E-state index in [4.69, 9.17) is 10.5 Å². The Bertz CT molecular complexity index is 526. The second-order valence-electron chi connectivity index (χ2n) is 5.19. The van der Waals surface area contributed by atoms with Crippen LogP contribution < -0.4 is 5.73 Å². The molecule has 0 spiro atoms. The van der Waals surface area contributed by atoms with Crippen LogP contribution in [0.25, 0.3) is 0 Å². The van der Waals surface area contributed by atoms with E-state index >= 15 is 0 Å². The number of ether oxygens (including phenoxy) is 1. The third kappa shape index (κ3) is 2.99. The molecule has 0 radical (unpaired) electrons. The van der Waals surface area contributed by atoms with Crippen LogP contribution >= 0.6 is 0 Å². The summed E-state index contributed by atoms with van der Waals surface area (Å²) in [5.74, 6) is -0.475. The molecule has 1 aliphatic rings. The summed E-state index contributed by atoms with van der Waals surface area (Å²) in [5.41, 5.74) is 7.01. The highest BCUT2D eigenvalue weighted by Gasteiger charge is 2.34. The summed E-state index contributed by atoms with van der Waals surface area (Å²) in [6, 6.07) is 4.83. The van der Waals surface area contributed by atoms with E-state index in [0.29, 0.717) is 30.0 Å². The maximum atomic E-state index is 12.1. The van der Waals surface area contributed by atoms with Gasteiger partial charge in [-0.05, 0) is 44.9 Å². The second kappa shape index (κ2) is 6.05. The van der Waals surface area contributed by atoms with Crippen LogP contribution in [0.1, 0.15) is 47.4 Å². The van der Waals surface area contributed by atoms with E-state index in [1.54, 1.807) is 18.2 Å². The molecule has 0 atom stereocenters. The summed E-state index contributed by atoms with van der Waals surface area (Å²) in [6.45, 7) is 5.03. The van der Waals surface area contributed by atoms with Crippen LogP contribution in [0.5, 0.6) is 0 Å². The average Bonchev–Trinajstić information content (AvgIpc) is 2.62. The molecule has 20 heavy (non-hydrogen) atoms. The van der Waals surface area contributed by atoms with Gasteiger partial charge >= 0.3 is 0 Å². The number of hydrogen-bond donors (Lipinski definition) is 1. The first-order chi connectivity index (χ1) is 9.50. The Labute approximate surface area is 118 Å². The summed E-state index contributed by atoms with van der Waals surface area (Å²) >= 11 is 0. The number of nitrogens with two attached hydrogens (primary N) is 1. The highest BCUT2D eigenvalue weighted by atomic mass is 16.5. The van der Waals surface area contributed by atoms with Crippen molar-refractivity contribution in [2.24, 2.45) is 0 Å². The molecular weight excluding hydrogens is 256 g/mol. The molecule has 1 aliphatic heterocycles. The Balaban J connectivity index is 1.92. The molecule has 2 N–H and O–H groups in total. The van der Waals surface area contributed by atoms with Gasteiger partial charge < -0.3 is 10.5 Å². The molecule has 1 heterocycles. The summed E-state index contributed by atoms with van der Waals surface area (Å²) < 4.78 is 5.43. The van der Waals surface area contributed by atoms with Crippen LogP contribution in [0.15, 0.2) is 18.2 Å². The van der Waals surface area contributed by atoms with E-state index < -0.39 is 0 Å². The summed E-state index contributed by atoms with van der Waals surface area (Å²) in [4.78, 5) is 25.6. The maximum Gasteiger partial charge on any atom is 0.261 e. The van der Waals surface area contributed by atoms with Gasteiger partial charge in [-0.1, -0.05) is 0 Å². The molecule has 0 aromatic heterocycles. The van der Waals surface area contributed by atoms with E-state index in [9.17, 15) is 9.59 Å². The van der Waals surface area contributed by atoms with E-state index in [1.807, 2.05) is 13.8 Å². The molecule has 0 bridgehead atoms. The number of carbonyl (C=O) groups excluding carboxylic acids is 2. The number of nitrogens with zero attached hydrogens (tertiary/aromatic N) is 1. The standard InChI is InChI=1S/C15H20N2O3/c1-10(2)20-8-4-3-7-17-14(18)12-6-5-11(16)9-13(12)15(17)19/h5-6,9-10H,3-4,7-8,16H2,1-2H3. The van der Waals surface area contributed by atoms with Crippen LogP contribution in [0.3, 0.4) is 0 Å². The predicted octanol–water partition coefficient (Wildman–Crippen LogP) is 2.07. The van der Waals surface area contributed by atoms with Crippen LogP contribution in [-0.4, -0.2) is 36.0 Å². The van der Waals surface area contributed by atoms with Crippen molar-refractivity contribution in [2.45, 2.75) is 32.8 Å². The number of benzene rings is 1. The van der Waals surface area contributed by atoms with Gasteiger partial charge in [0.25, 0.3) is 11.8 Å². The number of unbranched alkanes of at least 4 members (excludes halogenated alkanes) is 1. The maximum absolute atomic E-state index is 12.1. The lowest BCUT2D eigenvalue weighted by Gasteiger charge is -2.14. The highest BCUT2D eigenvalue weighted by molar-refractivity contribution is 6.21. The minimum atomic E-state index is -0.248. The van der Waals surface area contributed by atoms with E-state index in [-0.39, 0.29) is 17.9 Å². The highest BCUT2D eigenvalue weighted by Crippen LogP contribution is 2.25. The smallest absolute Gasteiger partial charge is 0.261 e. The number of carbonyl (C=O) groups is 2. The van der Waals surface area contributed by atoms with Crippen molar-refractivity contribution in [1.29, 1.82) is 0 Å². The zero-order valence-electron chi connectivity index (χ0n) is 11.9. The molecule has 0 saturated carbocycles. The van der Waals surface area contributed by atoms with Crippen molar-refractivity contribution in [1.82, 2.24) is 4.90 Å². The monoisotopic (exact) mass is 276 g/mol. The normalized spacial score (nSPS) is 14.2. The van der Waals surface area contributed by atoms with Gasteiger partial charge in [0, 0.05) is 18.8 Å². The molecule has 0 fully saturated rings. The number of fused-ring (bicyclic) bond motifs is 1. The minimum Gasteiger partial charge on any atom is -0.399 e. The number of anilines is 1. The molecular formula is C15H20N2O3. The molecule has 2 rings (SSSR count). The molecule has 0 aliphatic carbocycles. The first kappa shape index (κ1) is 14.5. The van der Waals surface area contributed by atoms with Gasteiger partial charge in [0.1, 0.15) is 0 Å². The van der Waals surface area contributed by atoms with E-state index in [0.717, 1.165) is 12.8 Å². The lowest BCUT2D eigenvalue weighted by atomic mass is 10.1. The molecule has 1 aromatic carbocycles. The van der Waals surface area contributed by atoms with Crippen molar-refractivity contribution in [3.63, 3.8) is 0 Å². The Kier molecular flexibility index (Phi) is 4.39. The quantitative estimate of drug-likeness (QED) is 0.490. The fourth-order valence-corrected chi connectivity index (χ4v) is 2.20. The summed E-state index contributed by atoms with van der Waals surface area (Å²) in [7, 11) is 0. The van der Waals surface area contributed by atoms with Gasteiger partial charge in [0.2, 0.25) is 0 Å². The Morgan fingerprint density at radius 3 is 2.55 bits per heavy atom. The average molecular weight is 276 g/mol. The number of imide groups is 1. The second-order valence-corrected chi connectivity index (χ2v) is 5.19. The first-order valence-electron chi connectivity index (χ1n) is 6.88. The Hall–Kier alpha value is -1.88. The molecule has 5 nitrogen and oxygen atoms in total. The Morgan fingerprint density at radius 2 is 1.85 bits per heavy atom. The van der Waals surface area contributed by atoms with E-state index in [2.05, 4.69) is 0 Å². The fraction of sp³-hybridized carbons (Fsp3) is 0.467. The van der Waals surface area contributed by atoms with Crippen LogP contribution in [0.2, 0.25) is 0 Å². The predicted molar refractivity (Wildman–Crippen MR) is 76.5 cm³/mol. The molecule has 1 aromatic rings. The SMILES string of the molecule is CC(C)OCCCCN1C(=O)c2ccc(N)cc2C1=O. The number of amides is 2. The third-order valence-corrected chi connectivity index (χ3v) is 3.22. The topological polar surface area (TPSA) is 72.6 Å². The van der Waals surface area contributed by atoms with Crippen molar-refractivity contribution in [2.75, 3.05) is 18.9 Å². The third-order valence-electron chi connectivity index (χ3n) is 3.22. The molecule has 0 unspecified atom stereocenters. The number of nitrogen functional groups attached to an aromatic ring is 1. The van der Waals surface area contributed by atoms with Crippen molar-refractivity contribution in [3.05, 3.63) is 29.3 Å². The van der Waals surface area contributed by atoms with Gasteiger partial charge in [-0.2, -0.15) is 0 Å². The lowest BCUT2D eigenvalue weighted by molar-refractivity contribution is 0.0611. The van der Waals surface area contributed by atoms with Crippen molar-refractivity contribution >= 4 is 17.5 Å². The van der Waals surface area contributed by atoms with Gasteiger partial charge in [-0.15, -0.1) is 0 Å². The van der Waals surface area contributed by atoms with Crippen molar-refractivity contribution in [3.8, 4) is 0 Å². The van der Waals surface area contributed by atoms with E-state index in [1.165, 1.54) is 4.90 Å². The van der Waals surface area contributed by atoms with Gasteiger partial charge in [-0.3, -0.25) is 14.5 Å². The Morgan fingerprint density at radius 1 is 1.15 bits per heavy atom. The largest absolute Gasteiger partial charge is 0.399 e. The minimum absolute atomic E-state index is 0.206.